The number of benzene rings is 1. The van der Waals surface area contributed by atoms with Gasteiger partial charge in [0, 0.05) is 19.3 Å². The average molecular weight is 267 g/mol. The Kier molecular flexibility index (Phi) is 3.34. The number of para-hydroxylation sites is 1. The maximum atomic E-state index is 12.1. The normalized spacial score (nSPS) is 10.8. The van der Waals surface area contributed by atoms with Crippen LogP contribution in [0.2, 0.25) is 0 Å². The lowest BCUT2D eigenvalue weighted by Gasteiger charge is -2.08. The first-order valence-corrected chi connectivity index (χ1v) is 5.91. The highest BCUT2D eigenvalue weighted by Gasteiger charge is 2.15. The van der Waals surface area contributed by atoms with Crippen molar-refractivity contribution in [2.24, 2.45) is 7.05 Å². The molecule has 2 aromatic rings. The van der Waals surface area contributed by atoms with Crippen LogP contribution < -0.4 is 11.2 Å². The quantitative estimate of drug-likeness (QED) is 0.761. The number of fused-ring (bicyclic) bond motifs is 1. The molecule has 0 atom stereocenters. The standard InChI is InChI=1S/C12H11ClN2O3/c1-14-9-5-3-2-4-8(9)11(17)15(12(14)18)10(16)6-7-13/h2-5H,6-7H2,1H3. The molecule has 0 aliphatic heterocycles. The molecule has 94 valence electrons. The van der Waals surface area contributed by atoms with E-state index in [1.165, 1.54) is 11.6 Å². The van der Waals surface area contributed by atoms with E-state index in [2.05, 4.69) is 0 Å². The summed E-state index contributed by atoms with van der Waals surface area (Å²) in [6, 6.07) is 6.66. The van der Waals surface area contributed by atoms with Gasteiger partial charge in [0.2, 0.25) is 5.91 Å². The zero-order valence-electron chi connectivity index (χ0n) is 9.72. The molecule has 0 fully saturated rings. The second kappa shape index (κ2) is 4.78. The van der Waals surface area contributed by atoms with E-state index in [0.29, 0.717) is 15.5 Å². The van der Waals surface area contributed by atoms with Crippen molar-refractivity contribution >= 4 is 28.4 Å². The minimum Gasteiger partial charge on any atom is -0.296 e. The molecule has 0 aliphatic rings. The van der Waals surface area contributed by atoms with Crippen LogP contribution in [0, 0.1) is 0 Å². The van der Waals surface area contributed by atoms with Crippen LogP contribution in [0.5, 0.6) is 0 Å². The molecule has 1 aromatic heterocycles. The van der Waals surface area contributed by atoms with Gasteiger partial charge in [0.15, 0.2) is 0 Å². The number of hydrogen-bond donors (Lipinski definition) is 0. The lowest BCUT2D eigenvalue weighted by molar-refractivity contribution is 0.0899. The summed E-state index contributed by atoms with van der Waals surface area (Å²) in [5.41, 5.74) is -0.736. The maximum Gasteiger partial charge on any atom is 0.338 e. The van der Waals surface area contributed by atoms with Crippen molar-refractivity contribution in [2.75, 3.05) is 5.88 Å². The van der Waals surface area contributed by atoms with Crippen molar-refractivity contribution in [1.29, 1.82) is 0 Å². The monoisotopic (exact) mass is 266 g/mol. The molecule has 0 bridgehead atoms. The number of alkyl halides is 1. The van der Waals surface area contributed by atoms with Gasteiger partial charge in [-0.15, -0.1) is 11.6 Å². The van der Waals surface area contributed by atoms with Crippen molar-refractivity contribution in [2.45, 2.75) is 6.42 Å². The van der Waals surface area contributed by atoms with E-state index in [-0.39, 0.29) is 12.3 Å². The van der Waals surface area contributed by atoms with Crippen LogP contribution in [0.1, 0.15) is 11.2 Å². The average Bonchev–Trinajstić information content (AvgIpc) is 2.37. The topological polar surface area (TPSA) is 61.1 Å². The molecule has 1 heterocycles. The molecular formula is C12H11ClN2O3. The predicted molar refractivity (Wildman–Crippen MR) is 69.4 cm³/mol. The molecule has 0 radical (unpaired) electrons. The molecule has 0 saturated heterocycles. The van der Waals surface area contributed by atoms with E-state index in [1.807, 2.05) is 0 Å². The van der Waals surface area contributed by atoms with Crippen LogP contribution >= 0.6 is 11.6 Å². The molecule has 1 aromatic carbocycles. The second-order valence-corrected chi connectivity index (χ2v) is 4.21. The summed E-state index contributed by atoms with van der Waals surface area (Å²) in [6.07, 6.45) is -0.0466. The van der Waals surface area contributed by atoms with E-state index in [9.17, 15) is 14.4 Å². The van der Waals surface area contributed by atoms with Crippen molar-refractivity contribution in [3.63, 3.8) is 0 Å². The van der Waals surface area contributed by atoms with Crippen LogP contribution in [-0.4, -0.2) is 20.9 Å². The van der Waals surface area contributed by atoms with Gasteiger partial charge in [-0.25, -0.2) is 4.79 Å². The van der Waals surface area contributed by atoms with Crippen LogP contribution in [-0.2, 0) is 7.05 Å². The summed E-state index contributed by atoms with van der Waals surface area (Å²) in [5.74, 6) is -0.511. The molecular weight excluding hydrogens is 256 g/mol. The van der Waals surface area contributed by atoms with Gasteiger partial charge >= 0.3 is 5.69 Å². The summed E-state index contributed by atoms with van der Waals surface area (Å²) in [7, 11) is 1.52. The minimum absolute atomic E-state index is 0.0466. The molecule has 0 N–H and O–H groups in total. The molecule has 6 heteroatoms. The van der Waals surface area contributed by atoms with Gasteiger partial charge in [-0.1, -0.05) is 12.1 Å². The van der Waals surface area contributed by atoms with Gasteiger partial charge in [0.1, 0.15) is 0 Å². The van der Waals surface area contributed by atoms with Crippen molar-refractivity contribution in [3.8, 4) is 0 Å². The van der Waals surface area contributed by atoms with Crippen molar-refractivity contribution in [3.05, 3.63) is 45.1 Å². The maximum absolute atomic E-state index is 12.1. The Labute approximate surface area is 107 Å². The minimum atomic E-state index is -0.645. The largest absolute Gasteiger partial charge is 0.338 e. The number of rotatable bonds is 2. The Morgan fingerprint density at radius 1 is 1.28 bits per heavy atom. The number of nitrogens with zero attached hydrogens (tertiary/aromatic N) is 2. The molecule has 0 spiro atoms. The van der Waals surface area contributed by atoms with Gasteiger partial charge in [0.25, 0.3) is 5.56 Å². The third kappa shape index (κ3) is 1.86. The van der Waals surface area contributed by atoms with Gasteiger partial charge in [-0.2, -0.15) is 4.57 Å². The zero-order chi connectivity index (χ0) is 13.3. The summed E-state index contributed by atoms with van der Waals surface area (Å²) in [5, 5.41) is 0.336. The van der Waals surface area contributed by atoms with Gasteiger partial charge < -0.3 is 0 Å². The third-order valence-corrected chi connectivity index (χ3v) is 2.92. The number of aryl methyl sites for hydroxylation is 1. The highest BCUT2D eigenvalue weighted by Crippen LogP contribution is 2.05. The fourth-order valence-electron chi connectivity index (χ4n) is 1.82. The summed E-state index contributed by atoms with van der Waals surface area (Å²) in [6.45, 7) is 0. The molecule has 0 amide bonds. The number of halogens is 1. The molecule has 5 nitrogen and oxygen atoms in total. The van der Waals surface area contributed by atoms with Gasteiger partial charge in [-0.05, 0) is 12.1 Å². The Bertz CT molecular complexity index is 730. The fourth-order valence-corrected chi connectivity index (χ4v) is 1.98. The molecule has 0 unspecified atom stereocenters. The highest BCUT2D eigenvalue weighted by atomic mass is 35.5. The van der Waals surface area contributed by atoms with Gasteiger partial charge in [0.05, 0.1) is 10.9 Å². The summed E-state index contributed by atoms with van der Waals surface area (Å²) < 4.78 is 1.92. The molecule has 0 saturated carbocycles. The highest BCUT2D eigenvalue weighted by molar-refractivity contribution is 6.19. The Morgan fingerprint density at radius 3 is 2.61 bits per heavy atom. The Hall–Kier alpha value is -1.88. The third-order valence-electron chi connectivity index (χ3n) is 2.73. The van der Waals surface area contributed by atoms with E-state index in [4.69, 9.17) is 11.6 Å². The Morgan fingerprint density at radius 2 is 1.94 bits per heavy atom. The summed E-state index contributed by atoms with van der Waals surface area (Å²) in [4.78, 5) is 35.8. The predicted octanol–water partition coefficient (Wildman–Crippen LogP) is 0.969. The fraction of sp³-hybridized carbons (Fsp3) is 0.250. The first kappa shape index (κ1) is 12.6. The first-order valence-electron chi connectivity index (χ1n) is 5.38. The second-order valence-electron chi connectivity index (χ2n) is 3.83. The van der Waals surface area contributed by atoms with E-state index in [0.717, 1.165) is 0 Å². The Balaban J connectivity index is 2.88. The number of carbonyl (C=O) groups is 1. The van der Waals surface area contributed by atoms with E-state index >= 15 is 0 Å². The smallest absolute Gasteiger partial charge is 0.296 e. The SMILES string of the molecule is Cn1c(=O)n(C(=O)CCCl)c(=O)c2ccccc21. The van der Waals surface area contributed by atoms with Crippen molar-refractivity contribution < 1.29 is 4.79 Å². The van der Waals surface area contributed by atoms with E-state index < -0.39 is 17.2 Å². The van der Waals surface area contributed by atoms with Crippen molar-refractivity contribution in [1.82, 2.24) is 9.13 Å². The number of aromatic nitrogens is 2. The summed E-state index contributed by atoms with van der Waals surface area (Å²) >= 11 is 5.46. The number of hydrogen-bond acceptors (Lipinski definition) is 3. The molecule has 18 heavy (non-hydrogen) atoms. The molecule has 2 rings (SSSR count). The first-order chi connectivity index (χ1) is 8.57. The molecule has 0 aliphatic carbocycles. The lowest BCUT2D eigenvalue weighted by atomic mass is 10.2. The number of carbonyl (C=O) groups excluding carboxylic acids is 1. The van der Waals surface area contributed by atoms with Gasteiger partial charge in [-0.3, -0.25) is 14.2 Å². The van der Waals surface area contributed by atoms with Crippen LogP contribution in [0.15, 0.2) is 33.9 Å². The van der Waals surface area contributed by atoms with Crippen LogP contribution in [0.25, 0.3) is 10.9 Å². The lowest BCUT2D eigenvalue weighted by Crippen LogP contribution is -2.43. The van der Waals surface area contributed by atoms with E-state index in [1.54, 1.807) is 24.3 Å². The van der Waals surface area contributed by atoms with Crippen LogP contribution in [0.3, 0.4) is 0 Å². The zero-order valence-corrected chi connectivity index (χ0v) is 10.5. The van der Waals surface area contributed by atoms with Crippen LogP contribution in [0.4, 0.5) is 0 Å².